The van der Waals surface area contributed by atoms with Crippen LogP contribution in [0.5, 0.6) is 0 Å². The second-order valence-electron chi connectivity index (χ2n) is 9.91. The van der Waals surface area contributed by atoms with Gasteiger partial charge in [-0.3, -0.25) is 0 Å². The van der Waals surface area contributed by atoms with Crippen LogP contribution in [0.4, 0.5) is 0 Å². The fourth-order valence-corrected chi connectivity index (χ4v) is 4.80. The van der Waals surface area contributed by atoms with Crippen LogP contribution in [-0.2, 0) is 0 Å². The van der Waals surface area contributed by atoms with Crippen LogP contribution in [-0.4, -0.2) is 32.9 Å². The Morgan fingerprint density at radius 2 is 0.871 bits per heavy atom. The van der Waals surface area contributed by atoms with Gasteiger partial charge in [0.05, 0.1) is 6.10 Å². The molecule has 3 N–H and O–H groups in total. The molecular weight excluding hydrogens is 403 g/mol. The maximum atomic E-state index is 10.6. The van der Waals surface area contributed by atoms with Gasteiger partial charge in [0.1, 0.15) is 11.4 Å². The molecule has 0 saturated heterocycles. The van der Waals surface area contributed by atoms with E-state index in [-0.39, 0.29) is 0 Å². The predicted octanol–water partition coefficient (Wildman–Crippen LogP) is 7.89. The molecule has 4 unspecified atom stereocenters. The zero-order valence-corrected chi connectivity index (χ0v) is 22.3. The SMILES string of the molecule is CCCCCCCCCCCCC(O)C(O)C(O)(P)CCCCCCCCCCCC. The molecule has 0 radical (unpaired) electrons. The minimum absolute atomic E-state index is 0.532. The third-order valence-electron chi connectivity index (χ3n) is 6.66. The normalized spacial score (nSPS) is 15.7. The molecule has 0 aromatic heterocycles. The van der Waals surface area contributed by atoms with Crippen molar-refractivity contribution >= 4 is 9.24 Å². The Balaban J connectivity index is 3.66. The quantitative estimate of drug-likeness (QED) is 0.101. The molecule has 0 fully saturated rings. The largest absolute Gasteiger partial charge is 0.390 e. The van der Waals surface area contributed by atoms with Crippen LogP contribution in [0.25, 0.3) is 0 Å². The van der Waals surface area contributed by atoms with Crippen molar-refractivity contribution in [2.75, 3.05) is 0 Å². The Kier molecular flexibility index (Phi) is 22.3. The van der Waals surface area contributed by atoms with E-state index in [0.29, 0.717) is 12.8 Å². The van der Waals surface area contributed by atoms with Gasteiger partial charge in [-0.1, -0.05) is 142 Å². The number of unbranched alkanes of at least 4 members (excludes halogenated alkanes) is 18. The lowest BCUT2D eigenvalue weighted by Crippen LogP contribution is -2.44. The first-order valence-electron chi connectivity index (χ1n) is 13.8. The number of hydrogen-bond donors (Lipinski definition) is 3. The molecule has 0 saturated carbocycles. The molecule has 0 spiro atoms. The summed E-state index contributed by atoms with van der Waals surface area (Å²) in [4.78, 5) is 0. The van der Waals surface area contributed by atoms with Crippen molar-refractivity contribution < 1.29 is 15.3 Å². The van der Waals surface area contributed by atoms with Crippen LogP contribution < -0.4 is 0 Å². The van der Waals surface area contributed by atoms with Crippen molar-refractivity contribution in [3.8, 4) is 0 Å². The molecule has 0 rings (SSSR count). The van der Waals surface area contributed by atoms with E-state index in [9.17, 15) is 15.3 Å². The van der Waals surface area contributed by atoms with Gasteiger partial charge in [0.2, 0.25) is 0 Å². The van der Waals surface area contributed by atoms with Crippen LogP contribution in [0.15, 0.2) is 0 Å². The second kappa shape index (κ2) is 22.1. The molecule has 3 nitrogen and oxygen atoms in total. The summed E-state index contributed by atoms with van der Waals surface area (Å²) in [6.07, 6.45) is 24.3. The lowest BCUT2D eigenvalue weighted by molar-refractivity contribution is -0.0837. The number of rotatable bonds is 24. The Morgan fingerprint density at radius 3 is 1.26 bits per heavy atom. The highest BCUT2D eigenvalue weighted by Crippen LogP contribution is 2.30. The highest BCUT2D eigenvalue weighted by atomic mass is 31.0. The summed E-state index contributed by atoms with van der Waals surface area (Å²) in [5, 5.41) is 30.1. The summed E-state index contributed by atoms with van der Waals surface area (Å²) in [5.41, 5.74) is 0. The van der Waals surface area contributed by atoms with Gasteiger partial charge < -0.3 is 15.3 Å². The molecule has 0 heterocycles. The summed E-state index contributed by atoms with van der Waals surface area (Å²) in [6, 6.07) is 0. The molecule has 31 heavy (non-hydrogen) atoms. The summed E-state index contributed by atoms with van der Waals surface area (Å²) in [5.74, 6) is 0. The molecule has 4 heteroatoms. The summed E-state index contributed by atoms with van der Waals surface area (Å²) in [7, 11) is 2.40. The third kappa shape index (κ3) is 19.5. The second-order valence-corrected chi connectivity index (χ2v) is 10.9. The lowest BCUT2D eigenvalue weighted by atomic mass is 9.96. The smallest absolute Gasteiger partial charge is 0.112 e. The zero-order valence-electron chi connectivity index (χ0n) is 21.1. The van der Waals surface area contributed by atoms with E-state index in [2.05, 4.69) is 23.1 Å². The molecule has 188 valence electrons. The van der Waals surface area contributed by atoms with Crippen molar-refractivity contribution in [3.05, 3.63) is 0 Å². The van der Waals surface area contributed by atoms with Gasteiger partial charge in [-0.15, -0.1) is 9.24 Å². The number of aliphatic hydroxyl groups is 3. The maximum Gasteiger partial charge on any atom is 0.112 e. The molecule has 0 aliphatic heterocycles. The Hall–Kier alpha value is 0.310. The van der Waals surface area contributed by atoms with Crippen molar-refractivity contribution in [1.82, 2.24) is 0 Å². The highest BCUT2D eigenvalue weighted by molar-refractivity contribution is 7.18. The van der Waals surface area contributed by atoms with Gasteiger partial charge in [0.25, 0.3) is 0 Å². The van der Waals surface area contributed by atoms with Crippen LogP contribution in [0.1, 0.15) is 155 Å². The standard InChI is InChI=1S/C27H57O3P/c1-3-5-7-9-11-13-15-17-19-21-23-25(28)26(29)27(30,31)24-22-20-18-16-14-12-10-8-6-4-2/h25-26,28-30H,3-24,31H2,1-2H3. The van der Waals surface area contributed by atoms with Crippen LogP contribution >= 0.6 is 9.24 Å². The van der Waals surface area contributed by atoms with Crippen molar-refractivity contribution in [3.63, 3.8) is 0 Å². The predicted molar refractivity (Wildman–Crippen MR) is 140 cm³/mol. The van der Waals surface area contributed by atoms with E-state index in [1.54, 1.807) is 0 Å². The van der Waals surface area contributed by atoms with Crippen LogP contribution in [0.3, 0.4) is 0 Å². The Bertz CT molecular complexity index is 362. The van der Waals surface area contributed by atoms with Gasteiger partial charge in [0, 0.05) is 0 Å². The van der Waals surface area contributed by atoms with Gasteiger partial charge in [-0.05, 0) is 12.8 Å². The fourth-order valence-electron chi connectivity index (χ4n) is 4.38. The lowest BCUT2D eigenvalue weighted by Gasteiger charge is -2.32. The molecule has 0 aromatic carbocycles. The van der Waals surface area contributed by atoms with Gasteiger partial charge >= 0.3 is 0 Å². The zero-order chi connectivity index (χ0) is 23.2. The summed E-state index contributed by atoms with van der Waals surface area (Å²) < 4.78 is 0. The molecular formula is C27H57O3P. The average Bonchev–Trinajstić information content (AvgIpc) is 2.75. The van der Waals surface area contributed by atoms with Crippen molar-refractivity contribution in [2.24, 2.45) is 0 Å². The van der Waals surface area contributed by atoms with E-state index in [4.69, 9.17) is 0 Å². The van der Waals surface area contributed by atoms with Crippen molar-refractivity contribution in [1.29, 1.82) is 0 Å². The fraction of sp³-hybridized carbons (Fsp3) is 1.00. The van der Waals surface area contributed by atoms with E-state index in [1.165, 1.54) is 103 Å². The number of hydrogen-bond acceptors (Lipinski definition) is 3. The van der Waals surface area contributed by atoms with E-state index in [0.717, 1.165) is 25.7 Å². The van der Waals surface area contributed by atoms with Crippen molar-refractivity contribution in [2.45, 2.75) is 173 Å². The first-order valence-corrected chi connectivity index (χ1v) is 14.4. The Labute approximate surface area is 197 Å². The maximum absolute atomic E-state index is 10.6. The molecule has 0 aliphatic rings. The minimum atomic E-state index is -1.27. The molecule has 0 aromatic rings. The molecule has 0 amide bonds. The molecule has 0 aliphatic carbocycles. The monoisotopic (exact) mass is 460 g/mol. The first kappa shape index (κ1) is 31.3. The molecule has 4 atom stereocenters. The van der Waals surface area contributed by atoms with E-state index in [1.807, 2.05) is 0 Å². The van der Waals surface area contributed by atoms with E-state index < -0.39 is 17.6 Å². The summed E-state index contributed by atoms with van der Waals surface area (Å²) >= 11 is 0. The highest BCUT2D eigenvalue weighted by Gasteiger charge is 2.34. The third-order valence-corrected chi connectivity index (χ3v) is 7.29. The van der Waals surface area contributed by atoms with Gasteiger partial charge in [-0.25, -0.2) is 0 Å². The Morgan fingerprint density at radius 1 is 0.548 bits per heavy atom. The van der Waals surface area contributed by atoms with E-state index >= 15 is 0 Å². The number of aliphatic hydroxyl groups excluding tert-OH is 2. The molecule has 0 bridgehead atoms. The van der Waals surface area contributed by atoms with Gasteiger partial charge in [-0.2, -0.15) is 0 Å². The van der Waals surface area contributed by atoms with Crippen LogP contribution in [0.2, 0.25) is 0 Å². The minimum Gasteiger partial charge on any atom is -0.390 e. The van der Waals surface area contributed by atoms with Crippen LogP contribution in [0, 0.1) is 0 Å². The average molecular weight is 461 g/mol. The topological polar surface area (TPSA) is 60.7 Å². The van der Waals surface area contributed by atoms with Gasteiger partial charge in [0.15, 0.2) is 0 Å². The first-order chi connectivity index (χ1) is 15.0. The summed E-state index contributed by atoms with van der Waals surface area (Å²) in [6.45, 7) is 4.50.